The van der Waals surface area contributed by atoms with E-state index >= 15 is 0 Å². The molecule has 2 amide bonds. The standard InChI is InChI=1S/C20H23N3O2/c21-20(25)19-17(13-15-10-4-5-11-16(15)23-19)22-18(24)12-6-9-14-7-2-1-3-8-14/h1-3,7-8,13H,4-6,9-12H2,(H2,21,25)(H,22,24). The summed E-state index contributed by atoms with van der Waals surface area (Å²) < 4.78 is 0. The summed E-state index contributed by atoms with van der Waals surface area (Å²) >= 11 is 0. The fourth-order valence-electron chi connectivity index (χ4n) is 3.23. The molecule has 0 saturated carbocycles. The number of hydrogen-bond donors (Lipinski definition) is 2. The first-order valence-corrected chi connectivity index (χ1v) is 8.80. The topological polar surface area (TPSA) is 85.1 Å². The first-order chi connectivity index (χ1) is 12.1. The van der Waals surface area contributed by atoms with Gasteiger partial charge in [-0.05, 0) is 55.7 Å². The summed E-state index contributed by atoms with van der Waals surface area (Å²) in [6.07, 6.45) is 5.96. The SMILES string of the molecule is NC(=O)c1nc2c(cc1NC(=O)CCCc1ccccc1)CCCC2. The largest absolute Gasteiger partial charge is 0.364 e. The van der Waals surface area contributed by atoms with E-state index in [2.05, 4.69) is 22.4 Å². The number of anilines is 1. The van der Waals surface area contributed by atoms with E-state index in [0.29, 0.717) is 12.1 Å². The maximum absolute atomic E-state index is 12.3. The third kappa shape index (κ3) is 4.44. The number of carbonyl (C=O) groups excluding carboxylic acids is 2. The van der Waals surface area contributed by atoms with Crippen molar-refractivity contribution in [2.75, 3.05) is 5.32 Å². The van der Waals surface area contributed by atoms with Gasteiger partial charge >= 0.3 is 0 Å². The average molecular weight is 337 g/mol. The highest BCUT2D eigenvalue weighted by molar-refractivity contribution is 6.01. The Balaban J connectivity index is 1.64. The third-order valence-electron chi connectivity index (χ3n) is 4.52. The quantitative estimate of drug-likeness (QED) is 0.849. The highest BCUT2D eigenvalue weighted by atomic mass is 16.2. The number of amides is 2. The van der Waals surface area contributed by atoms with Crippen LogP contribution in [0.3, 0.4) is 0 Å². The van der Waals surface area contributed by atoms with Crippen molar-refractivity contribution < 1.29 is 9.59 Å². The van der Waals surface area contributed by atoms with Crippen LogP contribution in [0.4, 0.5) is 5.69 Å². The number of aromatic nitrogens is 1. The molecule has 1 aromatic heterocycles. The molecule has 0 saturated heterocycles. The van der Waals surface area contributed by atoms with Crippen molar-refractivity contribution in [3.63, 3.8) is 0 Å². The zero-order valence-corrected chi connectivity index (χ0v) is 14.3. The molecule has 1 heterocycles. The van der Waals surface area contributed by atoms with Crippen molar-refractivity contribution in [1.29, 1.82) is 0 Å². The highest BCUT2D eigenvalue weighted by Gasteiger charge is 2.19. The summed E-state index contributed by atoms with van der Waals surface area (Å²) in [6, 6.07) is 11.9. The molecule has 0 aliphatic heterocycles. The van der Waals surface area contributed by atoms with Crippen LogP contribution in [-0.4, -0.2) is 16.8 Å². The molecule has 130 valence electrons. The van der Waals surface area contributed by atoms with Crippen LogP contribution < -0.4 is 11.1 Å². The van der Waals surface area contributed by atoms with Crippen molar-refractivity contribution >= 4 is 17.5 Å². The van der Waals surface area contributed by atoms with E-state index in [1.54, 1.807) is 0 Å². The van der Waals surface area contributed by atoms with Crippen LogP contribution in [-0.2, 0) is 24.1 Å². The average Bonchev–Trinajstić information content (AvgIpc) is 2.62. The van der Waals surface area contributed by atoms with Crippen LogP contribution in [0, 0.1) is 0 Å². The van der Waals surface area contributed by atoms with E-state index in [0.717, 1.165) is 49.8 Å². The molecule has 0 radical (unpaired) electrons. The van der Waals surface area contributed by atoms with Crippen LogP contribution in [0.5, 0.6) is 0 Å². The molecule has 1 aliphatic carbocycles. The summed E-state index contributed by atoms with van der Waals surface area (Å²) in [5, 5.41) is 2.83. The van der Waals surface area contributed by atoms with Crippen molar-refractivity contribution in [2.24, 2.45) is 5.73 Å². The number of nitrogens with one attached hydrogen (secondary N) is 1. The molecule has 0 atom stereocenters. The smallest absolute Gasteiger partial charge is 0.269 e. The van der Waals surface area contributed by atoms with Crippen LogP contribution in [0.2, 0.25) is 0 Å². The molecular weight excluding hydrogens is 314 g/mol. The Morgan fingerprint density at radius 2 is 1.88 bits per heavy atom. The lowest BCUT2D eigenvalue weighted by Gasteiger charge is -2.18. The van der Waals surface area contributed by atoms with Crippen molar-refractivity contribution in [2.45, 2.75) is 44.9 Å². The number of carbonyl (C=O) groups is 2. The van der Waals surface area contributed by atoms with Crippen molar-refractivity contribution in [1.82, 2.24) is 4.98 Å². The van der Waals surface area contributed by atoms with Gasteiger partial charge in [-0.25, -0.2) is 4.98 Å². The van der Waals surface area contributed by atoms with Gasteiger partial charge in [0, 0.05) is 12.1 Å². The zero-order valence-electron chi connectivity index (χ0n) is 14.3. The minimum absolute atomic E-state index is 0.115. The monoisotopic (exact) mass is 337 g/mol. The molecule has 1 aromatic carbocycles. The number of nitrogens with zero attached hydrogens (tertiary/aromatic N) is 1. The van der Waals surface area contributed by atoms with E-state index in [9.17, 15) is 9.59 Å². The normalized spacial score (nSPS) is 13.1. The van der Waals surface area contributed by atoms with Gasteiger partial charge in [0.25, 0.3) is 5.91 Å². The summed E-state index contributed by atoms with van der Waals surface area (Å²) in [5.74, 6) is -0.719. The number of hydrogen-bond acceptors (Lipinski definition) is 3. The number of benzene rings is 1. The summed E-state index contributed by atoms with van der Waals surface area (Å²) in [6.45, 7) is 0. The van der Waals surface area contributed by atoms with E-state index in [-0.39, 0.29) is 11.6 Å². The van der Waals surface area contributed by atoms with E-state index < -0.39 is 5.91 Å². The summed E-state index contributed by atoms with van der Waals surface area (Å²) in [5.41, 5.74) is 9.30. The second-order valence-corrected chi connectivity index (χ2v) is 6.45. The molecule has 25 heavy (non-hydrogen) atoms. The highest BCUT2D eigenvalue weighted by Crippen LogP contribution is 2.25. The Hall–Kier alpha value is -2.69. The minimum atomic E-state index is -0.604. The minimum Gasteiger partial charge on any atom is -0.364 e. The first kappa shape index (κ1) is 17.1. The maximum Gasteiger partial charge on any atom is 0.269 e. The van der Waals surface area contributed by atoms with Gasteiger partial charge in [-0.3, -0.25) is 9.59 Å². The lowest BCUT2D eigenvalue weighted by molar-refractivity contribution is -0.116. The van der Waals surface area contributed by atoms with E-state index in [1.807, 2.05) is 24.3 Å². The number of nitrogens with two attached hydrogens (primary N) is 1. The van der Waals surface area contributed by atoms with Crippen LogP contribution in [0.15, 0.2) is 36.4 Å². The molecule has 0 bridgehead atoms. The fourth-order valence-corrected chi connectivity index (χ4v) is 3.23. The summed E-state index contributed by atoms with van der Waals surface area (Å²) in [4.78, 5) is 28.4. The number of primary amides is 1. The van der Waals surface area contributed by atoms with Crippen LogP contribution in [0.25, 0.3) is 0 Å². The molecule has 5 nitrogen and oxygen atoms in total. The maximum atomic E-state index is 12.3. The van der Waals surface area contributed by atoms with E-state index in [4.69, 9.17) is 5.73 Å². The third-order valence-corrected chi connectivity index (χ3v) is 4.52. The van der Waals surface area contributed by atoms with Gasteiger partial charge in [0.15, 0.2) is 5.69 Å². The second kappa shape index (κ2) is 7.92. The van der Waals surface area contributed by atoms with Gasteiger partial charge in [0.2, 0.25) is 5.91 Å². The molecule has 3 N–H and O–H groups in total. The zero-order chi connectivity index (χ0) is 17.6. The van der Waals surface area contributed by atoms with Gasteiger partial charge in [0.05, 0.1) is 5.69 Å². The van der Waals surface area contributed by atoms with Crippen LogP contribution >= 0.6 is 0 Å². The molecule has 1 aliphatic rings. The Labute approximate surface area is 147 Å². The van der Waals surface area contributed by atoms with Gasteiger partial charge in [-0.15, -0.1) is 0 Å². The number of aryl methyl sites for hydroxylation is 3. The molecule has 2 aromatic rings. The molecule has 3 rings (SSSR count). The fraction of sp³-hybridized carbons (Fsp3) is 0.350. The predicted octanol–water partition coefficient (Wildman–Crippen LogP) is 3.02. The lowest BCUT2D eigenvalue weighted by Crippen LogP contribution is -2.22. The van der Waals surface area contributed by atoms with Gasteiger partial charge in [-0.1, -0.05) is 30.3 Å². The number of rotatable bonds is 6. The molecular formula is C20H23N3O2. The predicted molar refractivity (Wildman–Crippen MR) is 97.4 cm³/mol. The van der Waals surface area contributed by atoms with Gasteiger partial charge < -0.3 is 11.1 Å². The molecule has 0 fully saturated rings. The Bertz CT molecular complexity index is 772. The van der Waals surface area contributed by atoms with Gasteiger partial charge in [0.1, 0.15) is 0 Å². The molecule has 0 unspecified atom stereocenters. The first-order valence-electron chi connectivity index (χ1n) is 8.80. The Morgan fingerprint density at radius 1 is 1.12 bits per heavy atom. The Kier molecular flexibility index (Phi) is 5.43. The Morgan fingerprint density at radius 3 is 2.64 bits per heavy atom. The molecule has 0 spiro atoms. The van der Waals surface area contributed by atoms with Gasteiger partial charge in [-0.2, -0.15) is 0 Å². The van der Waals surface area contributed by atoms with E-state index in [1.165, 1.54) is 5.56 Å². The van der Waals surface area contributed by atoms with Crippen molar-refractivity contribution in [3.05, 3.63) is 58.9 Å². The lowest BCUT2D eigenvalue weighted by atomic mass is 9.95. The van der Waals surface area contributed by atoms with Crippen molar-refractivity contribution in [3.8, 4) is 0 Å². The molecule has 5 heteroatoms. The second-order valence-electron chi connectivity index (χ2n) is 6.45. The number of fused-ring (bicyclic) bond motifs is 1. The van der Waals surface area contributed by atoms with Crippen LogP contribution in [0.1, 0.15) is 53.0 Å². The number of pyridine rings is 1. The summed E-state index contributed by atoms with van der Waals surface area (Å²) in [7, 11) is 0.